The highest BCUT2D eigenvalue weighted by atomic mass is 35.5. The van der Waals surface area contributed by atoms with Crippen molar-refractivity contribution in [2.75, 3.05) is 7.11 Å². The first-order valence-electron chi connectivity index (χ1n) is 5.11. The Balaban J connectivity index is 2.30. The molecule has 18 heavy (non-hydrogen) atoms. The lowest BCUT2D eigenvalue weighted by Gasteiger charge is -2.03. The molecule has 0 N–H and O–H groups in total. The molecule has 1 aromatic heterocycles. The van der Waals surface area contributed by atoms with Gasteiger partial charge in [-0.25, -0.2) is 0 Å². The zero-order valence-corrected chi connectivity index (χ0v) is 10.3. The molecule has 0 amide bonds. The van der Waals surface area contributed by atoms with Gasteiger partial charge in [-0.2, -0.15) is 0 Å². The molecule has 6 nitrogen and oxygen atoms in total. The third-order valence-corrected chi connectivity index (χ3v) is 2.76. The van der Waals surface area contributed by atoms with Crippen LogP contribution in [0.1, 0.15) is 5.56 Å². The van der Waals surface area contributed by atoms with Crippen molar-refractivity contribution < 1.29 is 9.66 Å². The summed E-state index contributed by atoms with van der Waals surface area (Å²) in [6, 6.07) is 7.25. The van der Waals surface area contributed by atoms with E-state index in [0.29, 0.717) is 11.6 Å². The molecule has 7 heteroatoms. The maximum atomic E-state index is 10.8. The Kier molecular flexibility index (Phi) is 3.47. The Morgan fingerprint density at radius 2 is 2.22 bits per heavy atom. The number of nitrogens with zero attached hydrogens (tertiary/aromatic N) is 3. The van der Waals surface area contributed by atoms with Gasteiger partial charge in [0, 0.05) is 5.02 Å². The van der Waals surface area contributed by atoms with E-state index >= 15 is 0 Å². The molecule has 0 radical (unpaired) electrons. The average molecular weight is 268 g/mol. The van der Waals surface area contributed by atoms with Crippen LogP contribution in [0.5, 0.6) is 5.88 Å². The quantitative estimate of drug-likeness (QED) is 0.630. The molecule has 0 saturated carbocycles. The van der Waals surface area contributed by atoms with Gasteiger partial charge in [0.25, 0.3) is 0 Å². The summed E-state index contributed by atoms with van der Waals surface area (Å²) in [5.74, 6) is -0.00736. The van der Waals surface area contributed by atoms with Crippen molar-refractivity contribution in [1.29, 1.82) is 0 Å². The summed E-state index contributed by atoms with van der Waals surface area (Å²) >= 11 is 6.01. The summed E-state index contributed by atoms with van der Waals surface area (Å²) < 4.78 is 6.28. The van der Waals surface area contributed by atoms with Crippen LogP contribution in [0, 0.1) is 10.1 Å². The van der Waals surface area contributed by atoms with E-state index in [1.54, 1.807) is 6.07 Å². The monoisotopic (exact) mass is 267 g/mol. The molecular weight excluding hydrogens is 258 g/mol. The average Bonchev–Trinajstić information content (AvgIpc) is 2.75. The molecule has 2 rings (SSSR count). The molecule has 0 aliphatic rings. The zero-order valence-electron chi connectivity index (χ0n) is 9.54. The molecule has 0 aliphatic heterocycles. The van der Waals surface area contributed by atoms with Crippen LogP contribution in [0.25, 0.3) is 0 Å². The highest BCUT2D eigenvalue weighted by Gasteiger charge is 2.20. The topological polar surface area (TPSA) is 70.2 Å². The van der Waals surface area contributed by atoms with Crippen LogP contribution < -0.4 is 4.74 Å². The number of aromatic nitrogens is 2. The van der Waals surface area contributed by atoms with Gasteiger partial charge in [0.15, 0.2) is 0 Å². The first-order valence-corrected chi connectivity index (χ1v) is 5.49. The minimum atomic E-state index is -0.533. The van der Waals surface area contributed by atoms with Gasteiger partial charge < -0.3 is 4.74 Å². The summed E-state index contributed by atoms with van der Waals surface area (Å²) in [5.41, 5.74) is 0.670. The van der Waals surface area contributed by atoms with Gasteiger partial charge in [-0.3, -0.25) is 14.8 Å². The first-order chi connectivity index (χ1) is 8.61. The SMILES string of the molecule is COc1nn(Cc2ccccc2Cl)cc1[N+](=O)[O-]. The standard InChI is InChI=1S/C11H10ClN3O3/c1-18-11-10(15(16)17)7-14(13-11)6-8-4-2-3-5-9(8)12/h2-5,7H,6H2,1H3. The zero-order chi connectivity index (χ0) is 13.1. The fourth-order valence-corrected chi connectivity index (χ4v) is 1.74. The summed E-state index contributed by atoms with van der Waals surface area (Å²) in [6.07, 6.45) is 1.32. The number of halogens is 1. The van der Waals surface area contributed by atoms with Crippen LogP contribution >= 0.6 is 11.6 Å². The smallest absolute Gasteiger partial charge is 0.350 e. The highest BCUT2D eigenvalue weighted by Crippen LogP contribution is 2.25. The van der Waals surface area contributed by atoms with Gasteiger partial charge in [-0.15, -0.1) is 5.10 Å². The van der Waals surface area contributed by atoms with Crippen molar-refractivity contribution in [2.24, 2.45) is 0 Å². The van der Waals surface area contributed by atoms with Crippen molar-refractivity contribution in [2.45, 2.75) is 6.54 Å². The van der Waals surface area contributed by atoms with E-state index in [-0.39, 0.29) is 11.6 Å². The van der Waals surface area contributed by atoms with Gasteiger partial charge in [0.2, 0.25) is 0 Å². The van der Waals surface area contributed by atoms with Crippen LogP contribution in [-0.2, 0) is 6.54 Å². The molecule has 0 saturated heterocycles. The Morgan fingerprint density at radius 3 is 2.78 bits per heavy atom. The van der Waals surface area contributed by atoms with Crippen molar-refractivity contribution in [3.63, 3.8) is 0 Å². The number of methoxy groups -OCH3 is 1. The summed E-state index contributed by atoms with van der Waals surface area (Å²) in [7, 11) is 1.34. The van der Waals surface area contributed by atoms with Crippen LogP contribution in [0.3, 0.4) is 0 Å². The number of hydrogen-bond acceptors (Lipinski definition) is 4. The Morgan fingerprint density at radius 1 is 1.50 bits per heavy atom. The summed E-state index contributed by atoms with van der Waals surface area (Å²) in [6.45, 7) is 0.351. The van der Waals surface area contributed by atoms with E-state index in [0.717, 1.165) is 5.56 Å². The van der Waals surface area contributed by atoms with Crippen LogP contribution in [0.4, 0.5) is 5.69 Å². The lowest BCUT2D eigenvalue weighted by atomic mass is 10.2. The van der Waals surface area contributed by atoms with E-state index in [2.05, 4.69) is 5.10 Å². The number of hydrogen-bond donors (Lipinski definition) is 0. The van der Waals surface area contributed by atoms with Crippen molar-refractivity contribution in [1.82, 2.24) is 9.78 Å². The minimum Gasteiger partial charge on any atom is -0.475 e. The maximum Gasteiger partial charge on any atom is 0.350 e. The largest absolute Gasteiger partial charge is 0.475 e. The first kappa shape index (κ1) is 12.4. The third kappa shape index (κ3) is 2.43. The van der Waals surface area contributed by atoms with Crippen LogP contribution in [-0.4, -0.2) is 21.8 Å². The Bertz CT molecular complexity index is 583. The third-order valence-electron chi connectivity index (χ3n) is 2.39. The number of nitro groups is 1. The van der Waals surface area contributed by atoms with Gasteiger partial charge in [-0.1, -0.05) is 29.8 Å². The molecule has 0 fully saturated rings. The highest BCUT2D eigenvalue weighted by molar-refractivity contribution is 6.31. The molecular formula is C11H10ClN3O3. The second-order valence-electron chi connectivity index (χ2n) is 3.57. The second-order valence-corrected chi connectivity index (χ2v) is 3.98. The molecule has 0 atom stereocenters. The number of benzene rings is 1. The van der Waals surface area contributed by atoms with Gasteiger partial charge >= 0.3 is 11.6 Å². The van der Waals surface area contributed by atoms with E-state index in [9.17, 15) is 10.1 Å². The predicted molar refractivity (Wildman–Crippen MR) is 66.0 cm³/mol. The van der Waals surface area contributed by atoms with Crippen molar-refractivity contribution in [3.05, 3.63) is 51.2 Å². The summed E-state index contributed by atoms with van der Waals surface area (Å²) in [5, 5.41) is 15.3. The Hall–Kier alpha value is -2.08. The molecule has 0 aliphatic carbocycles. The molecule has 0 spiro atoms. The molecule has 94 valence electrons. The molecule has 0 bridgehead atoms. The second kappa shape index (κ2) is 5.05. The minimum absolute atomic E-state index is 0.00736. The van der Waals surface area contributed by atoms with E-state index < -0.39 is 4.92 Å². The lowest BCUT2D eigenvalue weighted by molar-refractivity contribution is -0.385. The lowest BCUT2D eigenvalue weighted by Crippen LogP contribution is -2.01. The van der Waals surface area contributed by atoms with Gasteiger partial charge in [0.05, 0.1) is 18.6 Å². The van der Waals surface area contributed by atoms with E-state index in [1.165, 1.54) is 18.0 Å². The normalized spacial score (nSPS) is 10.3. The molecule has 1 heterocycles. The molecule has 2 aromatic rings. The fourth-order valence-electron chi connectivity index (χ4n) is 1.55. The van der Waals surface area contributed by atoms with Crippen LogP contribution in [0.2, 0.25) is 5.02 Å². The molecule has 1 aromatic carbocycles. The van der Waals surface area contributed by atoms with Crippen molar-refractivity contribution >= 4 is 17.3 Å². The predicted octanol–water partition coefficient (Wildman–Crippen LogP) is 2.50. The maximum absolute atomic E-state index is 10.8. The molecule has 0 unspecified atom stereocenters. The van der Waals surface area contributed by atoms with E-state index in [1.807, 2.05) is 18.2 Å². The van der Waals surface area contributed by atoms with E-state index in [4.69, 9.17) is 16.3 Å². The fraction of sp³-hybridized carbons (Fsp3) is 0.182. The van der Waals surface area contributed by atoms with Gasteiger partial charge in [-0.05, 0) is 11.6 Å². The van der Waals surface area contributed by atoms with Crippen LogP contribution in [0.15, 0.2) is 30.5 Å². The summed E-state index contributed by atoms with van der Waals surface area (Å²) in [4.78, 5) is 10.2. The number of rotatable bonds is 4. The van der Waals surface area contributed by atoms with Crippen molar-refractivity contribution in [3.8, 4) is 5.88 Å². The number of ether oxygens (including phenoxy) is 1. The Labute approximate surface area is 108 Å². The van der Waals surface area contributed by atoms with Gasteiger partial charge in [0.1, 0.15) is 6.20 Å².